The monoisotopic (exact) mass is 248 g/mol. The molecule has 18 heavy (non-hydrogen) atoms. The van der Waals surface area contributed by atoms with Crippen molar-refractivity contribution in [2.24, 2.45) is 5.73 Å². The lowest BCUT2D eigenvalue weighted by Crippen LogP contribution is -2.36. The third kappa shape index (κ3) is 2.96. The summed E-state index contributed by atoms with van der Waals surface area (Å²) in [6, 6.07) is 4.84. The summed E-state index contributed by atoms with van der Waals surface area (Å²) in [4.78, 5) is 12.8. The molecule has 1 aliphatic rings. The van der Waals surface area contributed by atoms with Gasteiger partial charge in [0.15, 0.2) is 0 Å². The molecule has 0 fully saturated rings. The molecule has 0 saturated carbocycles. The predicted octanol–water partition coefficient (Wildman–Crippen LogP) is 1.71. The summed E-state index contributed by atoms with van der Waals surface area (Å²) in [5.41, 5.74) is 8.35. The van der Waals surface area contributed by atoms with Gasteiger partial charge in [0.25, 0.3) is 0 Å². The lowest BCUT2D eigenvalue weighted by atomic mass is 9.95. The molecule has 1 aromatic rings. The molecule has 0 unspecified atom stereocenters. The Hall–Kier alpha value is -1.68. The van der Waals surface area contributed by atoms with Crippen molar-refractivity contribution in [2.75, 3.05) is 19.6 Å². The van der Waals surface area contributed by atoms with Gasteiger partial charge in [0.2, 0.25) is 5.91 Å². The smallest absolute Gasteiger partial charge is 0.231 e. The minimum atomic E-state index is -0.311. The number of aryl methyl sites for hydroxylation is 1. The number of primary amides is 1. The van der Waals surface area contributed by atoms with Gasteiger partial charge in [0, 0.05) is 13.1 Å². The second kappa shape index (κ2) is 5.31. The van der Waals surface area contributed by atoms with Crippen molar-refractivity contribution in [3.05, 3.63) is 41.2 Å². The average Bonchev–Trinajstić information content (AvgIpc) is 2.33. The molecule has 0 aliphatic carbocycles. The molecule has 1 heterocycles. The number of carbonyl (C=O) groups excluding carboxylic acids is 1. The van der Waals surface area contributed by atoms with E-state index in [1.54, 1.807) is 12.1 Å². The van der Waals surface area contributed by atoms with Crippen molar-refractivity contribution < 1.29 is 9.18 Å². The molecule has 96 valence electrons. The van der Waals surface area contributed by atoms with Gasteiger partial charge < -0.3 is 5.73 Å². The predicted molar refractivity (Wildman–Crippen MR) is 69.4 cm³/mol. The van der Waals surface area contributed by atoms with Crippen molar-refractivity contribution in [3.63, 3.8) is 0 Å². The number of nitrogens with two attached hydrogens (primary N) is 1. The van der Waals surface area contributed by atoms with Crippen LogP contribution in [0, 0.1) is 12.7 Å². The van der Waals surface area contributed by atoms with Crippen LogP contribution in [-0.4, -0.2) is 30.4 Å². The first kappa shape index (κ1) is 12.8. The molecule has 4 heteroatoms. The minimum Gasteiger partial charge on any atom is -0.369 e. The van der Waals surface area contributed by atoms with Crippen LogP contribution in [-0.2, 0) is 4.79 Å². The lowest BCUT2D eigenvalue weighted by Gasteiger charge is -2.25. The van der Waals surface area contributed by atoms with Gasteiger partial charge in [-0.15, -0.1) is 0 Å². The molecule has 0 bridgehead atoms. The van der Waals surface area contributed by atoms with Gasteiger partial charge in [-0.1, -0.05) is 12.1 Å². The summed E-state index contributed by atoms with van der Waals surface area (Å²) in [5, 5.41) is 0. The van der Waals surface area contributed by atoms with E-state index in [0.717, 1.165) is 29.7 Å². The second-order valence-corrected chi connectivity index (χ2v) is 4.64. The third-order valence-electron chi connectivity index (χ3n) is 3.22. The van der Waals surface area contributed by atoms with Crippen LogP contribution in [0.4, 0.5) is 4.39 Å². The molecule has 2 rings (SSSR count). The Labute approximate surface area is 106 Å². The van der Waals surface area contributed by atoms with Crippen LogP contribution in [0.15, 0.2) is 24.3 Å². The van der Waals surface area contributed by atoms with Gasteiger partial charge in [-0.25, -0.2) is 4.39 Å². The molecule has 3 nitrogen and oxygen atoms in total. The van der Waals surface area contributed by atoms with E-state index in [2.05, 4.69) is 0 Å². The fourth-order valence-corrected chi connectivity index (χ4v) is 2.26. The van der Waals surface area contributed by atoms with Gasteiger partial charge in [-0.3, -0.25) is 9.69 Å². The maximum Gasteiger partial charge on any atom is 0.231 e. The highest BCUT2D eigenvalue weighted by Gasteiger charge is 2.15. The molecule has 0 saturated heterocycles. The van der Waals surface area contributed by atoms with Crippen molar-refractivity contribution in [3.8, 4) is 0 Å². The first-order valence-corrected chi connectivity index (χ1v) is 6.02. The van der Waals surface area contributed by atoms with E-state index in [1.807, 2.05) is 17.9 Å². The number of rotatable bonds is 3. The van der Waals surface area contributed by atoms with Crippen LogP contribution in [0.2, 0.25) is 0 Å². The molecule has 2 N–H and O–H groups in total. The number of nitrogens with zero attached hydrogens (tertiary/aromatic N) is 1. The van der Waals surface area contributed by atoms with Crippen LogP contribution in [0.3, 0.4) is 0 Å². The zero-order valence-electron chi connectivity index (χ0n) is 10.4. The van der Waals surface area contributed by atoms with Crippen molar-refractivity contribution in [1.82, 2.24) is 4.90 Å². The van der Waals surface area contributed by atoms with E-state index in [9.17, 15) is 9.18 Å². The minimum absolute atomic E-state index is 0.212. The molecule has 0 aromatic heterocycles. The number of halogens is 1. The van der Waals surface area contributed by atoms with Crippen molar-refractivity contribution >= 4 is 11.5 Å². The van der Waals surface area contributed by atoms with Gasteiger partial charge >= 0.3 is 0 Å². The fourth-order valence-electron chi connectivity index (χ4n) is 2.26. The molecular formula is C14H17FN2O. The number of carbonyl (C=O) groups is 1. The standard InChI is InChI=1S/C14H17FN2O/c1-10-2-3-12(15)8-13(10)11-4-6-17(7-5-11)9-14(16)18/h2-4,8H,5-7,9H2,1H3,(H2,16,18). The topological polar surface area (TPSA) is 46.3 Å². The van der Waals surface area contributed by atoms with E-state index < -0.39 is 0 Å². The normalized spacial score (nSPS) is 16.4. The first-order chi connectivity index (χ1) is 8.56. The van der Waals surface area contributed by atoms with Crippen LogP contribution in [0.5, 0.6) is 0 Å². The Morgan fingerprint density at radius 1 is 1.50 bits per heavy atom. The summed E-state index contributed by atoms with van der Waals surface area (Å²) in [6.07, 6.45) is 2.87. The fraction of sp³-hybridized carbons (Fsp3) is 0.357. The highest BCUT2D eigenvalue weighted by Crippen LogP contribution is 2.25. The van der Waals surface area contributed by atoms with Crippen LogP contribution >= 0.6 is 0 Å². The van der Waals surface area contributed by atoms with Gasteiger partial charge in [0.05, 0.1) is 6.54 Å². The van der Waals surface area contributed by atoms with E-state index >= 15 is 0 Å². The Morgan fingerprint density at radius 3 is 2.89 bits per heavy atom. The summed E-state index contributed by atoms with van der Waals surface area (Å²) in [6.45, 7) is 3.73. The maximum absolute atomic E-state index is 13.3. The van der Waals surface area contributed by atoms with Crippen molar-refractivity contribution in [2.45, 2.75) is 13.3 Å². The highest BCUT2D eigenvalue weighted by molar-refractivity contribution is 5.76. The zero-order chi connectivity index (χ0) is 13.1. The summed E-state index contributed by atoms with van der Waals surface area (Å²) < 4.78 is 13.3. The van der Waals surface area contributed by atoms with Gasteiger partial charge in [-0.2, -0.15) is 0 Å². The third-order valence-corrected chi connectivity index (χ3v) is 3.22. The SMILES string of the molecule is Cc1ccc(F)cc1C1=CCN(CC(N)=O)CC1. The lowest BCUT2D eigenvalue weighted by molar-refractivity contribution is -0.119. The number of benzene rings is 1. The summed E-state index contributed by atoms with van der Waals surface area (Å²) in [5.74, 6) is -0.523. The molecule has 1 aromatic carbocycles. The Kier molecular flexibility index (Phi) is 3.77. The number of hydrogen-bond acceptors (Lipinski definition) is 2. The Balaban J connectivity index is 2.14. The van der Waals surface area contributed by atoms with E-state index in [4.69, 9.17) is 5.73 Å². The van der Waals surface area contributed by atoms with Crippen molar-refractivity contribution in [1.29, 1.82) is 0 Å². The van der Waals surface area contributed by atoms with Crippen LogP contribution in [0.25, 0.3) is 5.57 Å². The average molecular weight is 248 g/mol. The molecule has 1 aliphatic heterocycles. The van der Waals surface area contributed by atoms with Gasteiger partial charge in [-0.05, 0) is 42.2 Å². The zero-order valence-corrected chi connectivity index (χ0v) is 10.4. The maximum atomic E-state index is 13.3. The second-order valence-electron chi connectivity index (χ2n) is 4.64. The Bertz CT molecular complexity index is 497. The number of amides is 1. The van der Waals surface area contributed by atoms with E-state index in [1.165, 1.54) is 6.07 Å². The summed E-state index contributed by atoms with van der Waals surface area (Å²) in [7, 11) is 0. The van der Waals surface area contributed by atoms with Gasteiger partial charge in [0.1, 0.15) is 5.82 Å². The highest BCUT2D eigenvalue weighted by atomic mass is 19.1. The molecule has 0 radical (unpaired) electrons. The number of hydrogen-bond donors (Lipinski definition) is 1. The largest absolute Gasteiger partial charge is 0.369 e. The van der Waals surface area contributed by atoms with Crippen LogP contribution in [0.1, 0.15) is 17.5 Å². The molecule has 0 atom stereocenters. The molecular weight excluding hydrogens is 231 g/mol. The quantitative estimate of drug-likeness (QED) is 0.885. The Morgan fingerprint density at radius 2 is 2.28 bits per heavy atom. The van der Waals surface area contributed by atoms with E-state index in [0.29, 0.717) is 6.54 Å². The molecule has 1 amide bonds. The first-order valence-electron chi connectivity index (χ1n) is 6.02. The molecule has 0 spiro atoms. The van der Waals surface area contributed by atoms with E-state index in [-0.39, 0.29) is 18.3 Å². The van der Waals surface area contributed by atoms with Crippen LogP contribution < -0.4 is 5.73 Å². The summed E-state index contributed by atoms with van der Waals surface area (Å²) >= 11 is 0.